The first-order valence-electron chi connectivity index (χ1n) is 7.42. The van der Waals surface area contributed by atoms with E-state index in [0.717, 1.165) is 18.8 Å². The SMILES string of the molecule is O=C(C(O)c1ccccc1)N1CCN(c2ccncc2)CC1. The van der Waals surface area contributed by atoms with Crippen molar-refractivity contribution in [3.8, 4) is 0 Å². The summed E-state index contributed by atoms with van der Waals surface area (Å²) in [6.07, 6.45) is 2.46. The molecule has 1 atom stereocenters. The highest BCUT2D eigenvalue weighted by atomic mass is 16.3. The third-order valence-corrected chi connectivity index (χ3v) is 3.97. The summed E-state index contributed by atoms with van der Waals surface area (Å²) in [4.78, 5) is 20.4. The fraction of sp³-hybridized carbons (Fsp3) is 0.294. The number of nitrogens with zero attached hydrogens (tertiary/aromatic N) is 3. The third-order valence-electron chi connectivity index (χ3n) is 3.97. The number of hydrogen-bond donors (Lipinski definition) is 1. The van der Waals surface area contributed by atoms with Crippen LogP contribution in [-0.4, -0.2) is 47.1 Å². The molecule has 2 aromatic rings. The molecular weight excluding hydrogens is 278 g/mol. The molecule has 1 N–H and O–H groups in total. The fourth-order valence-electron chi connectivity index (χ4n) is 2.69. The molecule has 3 rings (SSSR count). The predicted octanol–water partition coefficient (Wildman–Crippen LogP) is 1.46. The Hall–Kier alpha value is -2.40. The van der Waals surface area contributed by atoms with Crippen LogP contribution in [0.4, 0.5) is 5.69 Å². The molecule has 2 heterocycles. The molecule has 1 aromatic heterocycles. The molecule has 1 amide bonds. The van der Waals surface area contributed by atoms with Crippen LogP contribution < -0.4 is 4.90 Å². The van der Waals surface area contributed by atoms with E-state index in [1.165, 1.54) is 0 Å². The number of aromatic nitrogens is 1. The Morgan fingerprint density at radius 3 is 2.27 bits per heavy atom. The lowest BCUT2D eigenvalue weighted by molar-refractivity contribution is -0.140. The Balaban J connectivity index is 1.60. The lowest BCUT2D eigenvalue weighted by Gasteiger charge is -2.36. The summed E-state index contributed by atoms with van der Waals surface area (Å²) in [5.41, 5.74) is 1.76. The lowest BCUT2D eigenvalue weighted by atomic mass is 10.1. The number of anilines is 1. The Morgan fingerprint density at radius 2 is 1.64 bits per heavy atom. The minimum Gasteiger partial charge on any atom is -0.378 e. The molecule has 5 heteroatoms. The maximum Gasteiger partial charge on any atom is 0.256 e. The molecule has 1 saturated heterocycles. The van der Waals surface area contributed by atoms with Gasteiger partial charge in [-0.25, -0.2) is 0 Å². The normalized spacial score (nSPS) is 16.4. The molecule has 0 aliphatic carbocycles. The van der Waals surface area contributed by atoms with Gasteiger partial charge in [-0.1, -0.05) is 30.3 Å². The van der Waals surface area contributed by atoms with Crippen molar-refractivity contribution >= 4 is 11.6 Å². The number of carbonyl (C=O) groups excluding carboxylic acids is 1. The zero-order valence-electron chi connectivity index (χ0n) is 12.3. The van der Waals surface area contributed by atoms with E-state index in [2.05, 4.69) is 9.88 Å². The summed E-state index contributed by atoms with van der Waals surface area (Å²) in [5.74, 6) is -0.222. The van der Waals surface area contributed by atoms with E-state index in [-0.39, 0.29) is 5.91 Å². The number of amides is 1. The molecule has 114 valence electrons. The first-order valence-corrected chi connectivity index (χ1v) is 7.42. The summed E-state index contributed by atoms with van der Waals surface area (Å²) in [6, 6.07) is 13.0. The molecule has 0 bridgehead atoms. The van der Waals surface area contributed by atoms with E-state index in [1.54, 1.807) is 29.4 Å². The summed E-state index contributed by atoms with van der Waals surface area (Å²) in [6.45, 7) is 2.75. The Bertz CT molecular complexity index is 610. The van der Waals surface area contributed by atoms with Gasteiger partial charge in [-0.15, -0.1) is 0 Å². The molecule has 1 aliphatic rings. The summed E-state index contributed by atoms with van der Waals surface area (Å²) >= 11 is 0. The van der Waals surface area contributed by atoms with Gasteiger partial charge in [0.05, 0.1) is 0 Å². The van der Waals surface area contributed by atoms with Gasteiger partial charge in [-0.3, -0.25) is 9.78 Å². The van der Waals surface area contributed by atoms with E-state index < -0.39 is 6.10 Å². The van der Waals surface area contributed by atoms with E-state index in [0.29, 0.717) is 18.7 Å². The highest BCUT2D eigenvalue weighted by molar-refractivity contribution is 5.82. The van der Waals surface area contributed by atoms with Crippen molar-refractivity contribution in [1.29, 1.82) is 0 Å². The second-order valence-corrected chi connectivity index (χ2v) is 5.33. The third kappa shape index (κ3) is 3.09. The van der Waals surface area contributed by atoms with Crippen molar-refractivity contribution in [3.05, 3.63) is 60.4 Å². The van der Waals surface area contributed by atoms with Crippen LogP contribution >= 0.6 is 0 Å². The minimum atomic E-state index is -1.08. The maximum atomic E-state index is 12.4. The number of piperazine rings is 1. The predicted molar refractivity (Wildman–Crippen MR) is 84.4 cm³/mol. The first kappa shape index (κ1) is 14.5. The van der Waals surface area contributed by atoms with Crippen molar-refractivity contribution in [2.24, 2.45) is 0 Å². The number of carbonyl (C=O) groups is 1. The molecule has 1 unspecified atom stereocenters. The Morgan fingerprint density at radius 1 is 1.00 bits per heavy atom. The molecule has 1 aromatic carbocycles. The van der Waals surface area contributed by atoms with Crippen molar-refractivity contribution in [1.82, 2.24) is 9.88 Å². The monoisotopic (exact) mass is 297 g/mol. The first-order chi connectivity index (χ1) is 10.8. The van der Waals surface area contributed by atoms with Crippen LogP contribution in [0.1, 0.15) is 11.7 Å². The van der Waals surface area contributed by atoms with Gasteiger partial charge in [-0.05, 0) is 17.7 Å². The number of aliphatic hydroxyl groups excluding tert-OH is 1. The van der Waals surface area contributed by atoms with Gasteiger partial charge in [0.15, 0.2) is 6.10 Å². The van der Waals surface area contributed by atoms with Crippen LogP contribution in [0, 0.1) is 0 Å². The standard InChI is InChI=1S/C17H19N3O2/c21-16(14-4-2-1-3-5-14)17(22)20-12-10-19(11-13-20)15-6-8-18-9-7-15/h1-9,16,21H,10-13H2. The summed E-state index contributed by atoms with van der Waals surface area (Å²) < 4.78 is 0. The van der Waals surface area contributed by atoms with Crippen molar-refractivity contribution in [2.45, 2.75) is 6.10 Å². The Labute approximate surface area is 129 Å². The van der Waals surface area contributed by atoms with Gasteiger partial charge in [0.1, 0.15) is 0 Å². The molecular formula is C17H19N3O2. The van der Waals surface area contributed by atoms with Gasteiger partial charge in [-0.2, -0.15) is 0 Å². The second kappa shape index (κ2) is 6.58. The summed E-state index contributed by atoms with van der Waals surface area (Å²) in [5, 5.41) is 10.2. The van der Waals surface area contributed by atoms with E-state index >= 15 is 0 Å². The molecule has 0 radical (unpaired) electrons. The number of benzene rings is 1. The number of pyridine rings is 1. The highest BCUT2D eigenvalue weighted by Crippen LogP contribution is 2.19. The van der Waals surface area contributed by atoms with Gasteiger partial charge < -0.3 is 14.9 Å². The molecule has 1 aliphatic heterocycles. The summed E-state index contributed by atoms with van der Waals surface area (Å²) in [7, 11) is 0. The zero-order chi connectivity index (χ0) is 15.4. The van der Waals surface area contributed by atoms with Crippen LogP contribution in [0.15, 0.2) is 54.9 Å². The number of aliphatic hydroxyl groups is 1. The molecule has 0 saturated carbocycles. The van der Waals surface area contributed by atoms with E-state index in [4.69, 9.17) is 0 Å². The average Bonchev–Trinajstić information content (AvgIpc) is 2.62. The number of rotatable bonds is 3. The second-order valence-electron chi connectivity index (χ2n) is 5.33. The van der Waals surface area contributed by atoms with Crippen LogP contribution in [0.25, 0.3) is 0 Å². The highest BCUT2D eigenvalue weighted by Gasteiger charge is 2.27. The molecule has 1 fully saturated rings. The molecule has 22 heavy (non-hydrogen) atoms. The van der Waals surface area contributed by atoms with Gasteiger partial charge >= 0.3 is 0 Å². The van der Waals surface area contributed by atoms with Crippen molar-refractivity contribution < 1.29 is 9.90 Å². The zero-order valence-corrected chi connectivity index (χ0v) is 12.3. The van der Waals surface area contributed by atoms with Crippen LogP contribution in [-0.2, 0) is 4.79 Å². The molecule has 0 spiro atoms. The topological polar surface area (TPSA) is 56.7 Å². The smallest absolute Gasteiger partial charge is 0.256 e. The Kier molecular flexibility index (Phi) is 4.34. The van der Waals surface area contributed by atoms with Crippen LogP contribution in [0.3, 0.4) is 0 Å². The van der Waals surface area contributed by atoms with Gasteiger partial charge in [0.25, 0.3) is 5.91 Å². The fourth-order valence-corrected chi connectivity index (χ4v) is 2.69. The van der Waals surface area contributed by atoms with Crippen molar-refractivity contribution in [2.75, 3.05) is 31.1 Å². The number of hydrogen-bond acceptors (Lipinski definition) is 4. The van der Waals surface area contributed by atoms with E-state index in [9.17, 15) is 9.90 Å². The minimum absolute atomic E-state index is 0.222. The van der Waals surface area contributed by atoms with Gasteiger partial charge in [0.2, 0.25) is 0 Å². The van der Waals surface area contributed by atoms with Crippen molar-refractivity contribution in [3.63, 3.8) is 0 Å². The van der Waals surface area contributed by atoms with Crippen LogP contribution in [0.5, 0.6) is 0 Å². The quantitative estimate of drug-likeness (QED) is 0.932. The lowest BCUT2D eigenvalue weighted by Crippen LogP contribution is -2.50. The van der Waals surface area contributed by atoms with E-state index in [1.807, 2.05) is 30.3 Å². The maximum absolute atomic E-state index is 12.4. The van der Waals surface area contributed by atoms with Gasteiger partial charge in [0, 0.05) is 44.3 Å². The molecule has 5 nitrogen and oxygen atoms in total. The largest absolute Gasteiger partial charge is 0.378 e. The average molecular weight is 297 g/mol. The van der Waals surface area contributed by atoms with Crippen LogP contribution in [0.2, 0.25) is 0 Å².